The van der Waals surface area contributed by atoms with Crippen LogP contribution in [0.15, 0.2) is 47.6 Å². The molecule has 1 aromatic carbocycles. The molecule has 0 atom stereocenters. The molecule has 0 aliphatic heterocycles. The van der Waals surface area contributed by atoms with Gasteiger partial charge in [0.1, 0.15) is 0 Å². The summed E-state index contributed by atoms with van der Waals surface area (Å²) in [6, 6.07) is 11.4. The number of guanidine groups is 1. The first-order valence-electron chi connectivity index (χ1n) is 9.65. The highest BCUT2D eigenvalue weighted by Gasteiger charge is 2.21. The molecule has 0 bridgehead atoms. The Hall–Kier alpha value is -2.03. The number of ether oxygens (including phenoxy) is 2. The second kappa shape index (κ2) is 11.7. The van der Waals surface area contributed by atoms with Gasteiger partial charge >= 0.3 is 0 Å². The van der Waals surface area contributed by atoms with Crippen LogP contribution >= 0.6 is 24.0 Å². The van der Waals surface area contributed by atoms with E-state index in [9.17, 15) is 0 Å². The van der Waals surface area contributed by atoms with Crippen molar-refractivity contribution in [3.05, 3.63) is 48.2 Å². The number of hydrogen-bond acceptors (Lipinski definition) is 4. The summed E-state index contributed by atoms with van der Waals surface area (Å²) in [7, 11) is 0. The van der Waals surface area contributed by atoms with Gasteiger partial charge in [-0.2, -0.15) is 0 Å². The van der Waals surface area contributed by atoms with Crippen LogP contribution in [0.5, 0.6) is 17.4 Å². The van der Waals surface area contributed by atoms with E-state index in [4.69, 9.17) is 9.47 Å². The molecule has 1 saturated carbocycles. The van der Waals surface area contributed by atoms with E-state index in [1.54, 1.807) is 6.20 Å². The van der Waals surface area contributed by atoms with Crippen molar-refractivity contribution in [2.45, 2.75) is 33.2 Å². The normalized spacial score (nSPS) is 13.4. The summed E-state index contributed by atoms with van der Waals surface area (Å²) >= 11 is 0. The number of nitrogens with zero attached hydrogens (tertiary/aromatic N) is 2. The maximum Gasteiger partial charge on any atom is 0.219 e. The molecule has 6 nitrogen and oxygen atoms in total. The third kappa shape index (κ3) is 7.18. The topological polar surface area (TPSA) is 67.8 Å². The standard InChI is InChI=1S/C21H28N4O2.HI/c1-3-22-21(24-13-16-9-10-16)25-15-17-11-12-20(23-14-17)27-19-8-6-5-7-18(19)26-4-2;/h5-8,11-12,14,16H,3-4,9-10,13,15H2,1-2H3,(H2,22,24,25);1H. The highest BCUT2D eigenvalue weighted by Crippen LogP contribution is 2.30. The van der Waals surface area contributed by atoms with Crippen molar-refractivity contribution in [1.82, 2.24) is 15.6 Å². The fourth-order valence-corrected chi connectivity index (χ4v) is 2.56. The number of nitrogens with one attached hydrogen (secondary N) is 2. The van der Waals surface area contributed by atoms with E-state index >= 15 is 0 Å². The van der Waals surface area contributed by atoms with Gasteiger partial charge in [0, 0.05) is 25.4 Å². The highest BCUT2D eigenvalue weighted by atomic mass is 127. The molecule has 1 heterocycles. The van der Waals surface area contributed by atoms with Crippen molar-refractivity contribution in [1.29, 1.82) is 0 Å². The number of benzene rings is 1. The Kier molecular flexibility index (Phi) is 9.33. The molecular formula is C21H29IN4O2. The van der Waals surface area contributed by atoms with Crippen LogP contribution < -0.4 is 20.1 Å². The first-order valence-corrected chi connectivity index (χ1v) is 9.65. The van der Waals surface area contributed by atoms with E-state index in [0.717, 1.165) is 30.5 Å². The molecular weight excluding hydrogens is 467 g/mol. The van der Waals surface area contributed by atoms with E-state index in [0.29, 0.717) is 30.5 Å². The van der Waals surface area contributed by atoms with Gasteiger partial charge in [0.25, 0.3) is 0 Å². The lowest BCUT2D eigenvalue weighted by atomic mass is 10.3. The van der Waals surface area contributed by atoms with Crippen LogP contribution in [-0.4, -0.2) is 30.6 Å². The molecule has 1 aromatic heterocycles. The molecule has 7 heteroatoms. The molecule has 2 aromatic rings. The molecule has 0 saturated heterocycles. The number of halogens is 1. The fraction of sp³-hybridized carbons (Fsp3) is 0.429. The van der Waals surface area contributed by atoms with E-state index in [1.165, 1.54) is 12.8 Å². The minimum absolute atomic E-state index is 0. The lowest BCUT2D eigenvalue weighted by molar-refractivity contribution is 0.319. The van der Waals surface area contributed by atoms with Crippen molar-refractivity contribution in [2.24, 2.45) is 10.9 Å². The van der Waals surface area contributed by atoms with Gasteiger partial charge in [-0.1, -0.05) is 18.2 Å². The number of pyridine rings is 1. The van der Waals surface area contributed by atoms with Crippen LogP contribution in [0.1, 0.15) is 32.3 Å². The van der Waals surface area contributed by atoms with Crippen molar-refractivity contribution in [3.8, 4) is 17.4 Å². The molecule has 0 radical (unpaired) electrons. The Morgan fingerprint density at radius 1 is 1.11 bits per heavy atom. The van der Waals surface area contributed by atoms with Gasteiger partial charge in [-0.25, -0.2) is 9.98 Å². The van der Waals surface area contributed by atoms with Crippen LogP contribution in [0.3, 0.4) is 0 Å². The summed E-state index contributed by atoms with van der Waals surface area (Å²) in [5.41, 5.74) is 1.03. The van der Waals surface area contributed by atoms with Gasteiger partial charge in [0.05, 0.1) is 13.2 Å². The molecule has 0 unspecified atom stereocenters. The summed E-state index contributed by atoms with van der Waals surface area (Å²) < 4.78 is 11.4. The Morgan fingerprint density at radius 2 is 1.89 bits per heavy atom. The van der Waals surface area contributed by atoms with Crippen LogP contribution in [0.25, 0.3) is 0 Å². The molecule has 152 valence electrons. The minimum Gasteiger partial charge on any atom is -0.490 e. The summed E-state index contributed by atoms with van der Waals surface area (Å²) in [6.45, 7) is 7.03. The Labute approximate surface area is 184 Å². The van der Waals surface area contributed by atoms with Gasteiger partial charge < -0.3 is 20.1 Å². The fourth-order valence-electron chi connectivity index (χ4n) is 2.56. The zero-order chi connectivity index (χ0) is 18.9. The Bertz CT molecular complexity index is 748. The van der Waals surface area contributed by atoms with E-state index < -0.39 is 0 Å². The van der Waals surface area contributed by atoms with Crippen LogP contribution in [0.4, 0.5) is 0 Å². The van der Waals surface area contributed by atoms with E-state index in [-0.39, 0.29) is 24.0 Å². The zero-order valence-corrected chi connectivity index (χ0v) is 18.8. The van der Waals surface area contributed by atoms with Crippen molar-refractivity contribution in [3.63, 3.8) is 0 Å². The Balaban J connectivity index is 0.00000280. The van der Waals surface area contributed by atoms with Gasteiger partial charge in [0.2, 0.25) is 5.88 Å². The number of aliphatic imine (C=N–C) groups is 1. The second-order valence-electron chi connectivity index (χ2n) is 6.51. The van der Waals surface area contributed by atoms with Gasteiger partial charge in [-0.15, -0.1) is 24.0 Å². The first-order chi connectivity index (χ1) is 13.3. The van der Waals surface area contributed by atoms with Gasteiger partial charge in [-0.3, -0.25) is 0 Å². The zero-order valence-electron chi connectivity index (χ0n) is 16.5. The molecule has 0 spiro atoms. The first kappa shape index (κ1) is 22.3. The van der Waals surface area contributed by atoms with Crippen LogP contribution in [0.2, 0.25) is 0 Å². The lowest BCUT2D eigenvalue weighted by Crippen LogP contribution is -2.38. The predicted octanol–water partition coefficient (Wildman–Crippen LogP) is 4.36. The summed E-state index contributed by atoms with van der Waals surface area (Å²) in [6.07, 6.45) is 4.45. The van der Waals surface area contributed by atoms with E-state index in [2.05, 4.69) is 27.5 Å². The largest absolute Gasteiger partial charge is 0.490 e. The molecule has 1 aliphatic carbocycles. The predicted molar refractivity (Wildman–Crippen MR) is 123 cm³/mol. The number of para-hydroxylation sites is 2. The maximum absolute atomic E-state index is 5.86. The number of aromatic nitrogens is 1. The summed E-state index contributed by atoms with van der Waals surface area (Å²) in [5, 5.41) is 6.67. The smallest absolute Gasteiger partial charge is 0.219 e. The van der Waals surface area contributed by atoms with Crippen LogP contribution in [0, 0.1) is 5.92 Å². The molecule has 28 heavy (non-hydrogen) atoms. The van der Waals surface area contributed by atoms with Gasteiger partial charge in [-0.05, 0) is 50.3 Å². The maximum atomic E-state index is 5.86. The molecule has 1 fully saturated rings. The SMILES string of the molecule is CCNC(=NCc1ccc(Oc2ccccc2OCC)nc1)NCC1CC1.I. The lowest BCUT2D eigenvalue weighted by Gasteiger charge is -2.11. The highest BCUT2D eigenvalue weighted by molar-refractivity contribution is 14.0. The molecule has 2 N–H and O–H groups in total. The van der Waals surface area contributed by atoms with Crippen molar-refractivity contribution >= 4 is 29.9 Å². The molecule has 3 rings (SSSR count). The average molecular weight is 496 g/mol. The summed E-state index contributed by atoms with van der Waals surface area (Å²) in [4.78, 5) is 9.02. The monoisotopic (exact) mass is 496 g/mol. The quantitative estimate of drug-likeness (QED) is 0.307. The average Bonchev–Trinajstić information content (AvgIpc) is 3.51. The van der Waals surface area contributed by atoms with Crippen molar-refractivity contribution < 1.29 is 9.47 Å². The third-order valence-corrected chi connectivity index (χ3v) is 4.18. The minimum atomic E-state index is 0. The number of rotatable bonds is 9. The summed E-state index contributed by atoms with van der Waals surface area (Å²) in [5.74, 6) is 3.58. The number of hydrogen-bond donors (Lipinski definition) is 2. The Morgan fingerprint density at radius 3 is 2.54 bits per heavy atom. The molecule has 0 amide bonds. The van der Waals surface area contributed by atoms with E-state index in [1.807, 2.05) is 43.3 Å². The van der Waals surface area contributed by atoms with Gasteiger partial charge in [0.15, 0.2) is 17.5 Å². The second-order valence-corrected chi connectivity index (χ2v) is 6.51. The van der Waals surface area contributed by atoms with Crippen LogP contribution in [-0.2, 0) is 6.54 Å². The molecule has 1 aliphatic rings. The third-order valence-electron chi connectivity index (χ3n) is 4.18. The van der Waals surface area contributed by atoms with Crippen molar-refractivity contribution in [2.75, 3.05) is 19.7 Å².